The number of thiophene rings is 1. The number of fused-ring (bicyclic) bond motifs is 1. The van der Waals surface area contributed by atoms with E-state index in [2.05, 4.69) is 0 Å². The van der Waals surface area contributed by atoms with Gasteiger partial charge in [0.1, 0.15) is 12.3 Å². The van der Waals surface area contributed by atoms with Crippen LogP contribution in [0, 0.1) is 0 Å². The zero-order valence-electron chi connectivity index (χ0n) is 18.0. The van der Waals surface area contributed by atoms with Gasteiger partial charge in [-0.05, 0) is 23.3 Å². The number of rotatable bonds is 11. The number of aliphatic hydroxyl groups excluding tert-OH is 2. The molecule has 1 aromatic carbocycles. The van der Waals surface area contributed by atoms with Crippen molar-refractivity contribution in [3.05, 3.63) is 55.7 Å². The number of ketones is 1. The van der Waals surface area contributed by atoms with Crippen molar-refractivity contribution in [3.63, 3.8) is 0 Å². The summed E-state index contributed by atoms with van der Waals surface area (Å²) in [5.41, 5.74) is 8.12. The van der Waals surface area contributed by atoms with E-state index in [4.69, 9.17) is 17.3 Å². The normalized spacial score (nSPS) is 14.5. The summed E-state index contributed by atoms with van der Waals surface area (Å²) >= 11 is 7.43. The van der Waals surface area contributed by atoms with Crippen molar-refractivity contribution < 1.29 is 36.7 Å². The Hall–Kier alpha value is -1.48. The standard InChI is InChI=1S/C23H29ClN2O4S.ClH/c24-17-5-3-16(4-6-17)13-18(29)14-20-22(23(25)30)19-7-10-26(8-1-11-27,9-2-12-28)15-21(19)31-20;/h3-6,27-28H,1-2,7-15H2,(H-,25,30);1H. The Morgan fingerprint density at radius 3 is 2.25 bits per heavy atom. The Morgan fingerprint density at radius 2 is 1.69 bits per heavy atom. The van der Waals surface area contributed by atoms with Crippen LogP contribution >= 0.6 is 22.9 Å². The number of quaternary nitrogens is 1. The fourth-order valence-electron chi connectivity index (χ4n) is 4.48. The first-order chi connectivity index (χ1) is 14.9. The highest BCUT2D eigenvalue weighted by Crippen LogP contribution is 2.37. The minimum atomic E-state index is -0.475. The topological polar surface area (TPSA) is 101 Å². The lowest BCUT2D eigenvalue weighted by Crippen LogP contribution is -3.00. The summed E-state index contributed by atoms with van der Waals surface area (Å²) in [6, 6.07) is 7.20. The summed E-state index contributed by atoms with van der Waals surface area (Å²) in [5.74, 6) is -0.442. The van der Waals surface area contributed by atoms with Gasteiger partial charge in [0, 0.05) is 55.2 Å². The van der Waals surface area contributed by atoms with E-state index >= 15 is 0 Å². The Bertz CT molecular complexity index is 923. The van der Waals surface area contributed by atoms with Crippen LogP contribution in [0.25, 0.3) is 0 Å². The van der Waals surface area contributed by atoms with Gasteiger partial charge in [0.25, 0.3) is 0 Å². The van der Waals surface area contributed by atoms with Crippen molar-refractivity contribution in [2.45, 2.75) is 38.6 Å². The van der Waals surface area contributed by atoms with Gasteiger partial charge in [0.2, 0.25) is 5.91 Å². The van der Waals surface area contributed by atoms with Crippen molar-refractivity contribution in [1.82, 2.24) is 0 Å². The molecule has 2 heterocycles. The van der Waals surface area contributed by atoms with E-state index in [0.717, 1.165) is 51.5 Å². The third-order valence-electron chi connectivity index (χ3n) is 5.98. The van der Waals surface area contributed by atoms with E-state index in [9.17, 15) is 19.8 Å². The molecule has 1 aliphatic heterocycles. The number of carbonyl (C=O) groups is 2. The summed E-state index contributed by atoms with van der Waals surface area (Å²) in [6.45, 7) is 3.49. The number of benzene rings is 1. The van der Waals surface area contributed by atoms with Gasteiger partial charge in [0.05, 0.1) is 30.1 Å². The zero-order valence-corrected chi connectivity index (χ0v) is 20.3. The number of Topliss-reactive ketones (excluding diaryl/α,β-unsaturated/α-hetero) is 1. The minimum Gasteiger partial charge on any atom is -1.00 e. The van der Waals surface area contributed by atoms with Gasteiger partial charge in [-0.15, -0.1) is 11.3 Å². The molecule has 0 aliphatic carbocycles. The molecule has 0 atom stereocenters. The molecule has 3 rings (SSSR count). The van der Waals surface area contributed by atoms with Crippen LogP contribution in [-0.4, -0.2) is 59.2 Å². The molecule has 0 radical (unpaired) electrons. The molecule has 0 saturated carbocycles. The second-order valence-electron chi connectivity index (χ2n) is 8.26. The summed E-state index contributed by atoms with van der Waals surface area (Å²) in [4.78, 5) is 26.8. The van der Waals surface area contributed by atoms with Crippen LogP contribution in [0.3, 0.4) is 0 Å². The van der Waals surface area contributed by atoms with Crippen LogP contribution in [0.2, 0.25) is 5.02 Å². The van der Waals surface area contributed by atoms with E-state index in [1.165, 1.54) is 11.3 Å². The summed E-state index contributed by atoms with van der Waals surface area (Å²) in [7, 11) is 0. The van der Waals surface area contributed by atoms with Gasteiger partial charge in [-0.2, -0.15) is 0 Å². The zero-order chi connectivity index (χ0) is 22.4. The molecule has 176 valence electrons. The lowest BCUT2D eigenvalue weighted by atomic mass is 9.96. The molecule has 9 heteroatoms. The first kappa shape index (κ1) is 26.8. The van der Waals surface area contributed by atoms with Crippen LogP contribution in [0.5, 0.6) is 0 Å². The number of hydrogen-bond acceptors (Lipinski definition) is 5. The maximum Gasteiger partial charge on any atom is 0.250 e. The molecule has 0 fully saturated rings. The summed E-state index contributed by atoms with van der Waals surface area (Å²) in [6.07, 6.45) is 2.58. The third-order valence-corrected chi connectivity index (χ3v) is 7.45. The second kappa shape index (κ2) is 12.1. The van der Waals surface area contributed by atoms with Crippen LogP contribution < -0.4 is 18.1 Å². The first-order valence-corrected chi connectivity index (χ1v) is 11.8. The Kier molecular flexibility index (Phi) is 10.1. The van der Waals surface area contributed by atoms with E-state index in [-0.39, 0.29) is 44.2 Å². The van der Waals surface area contributed by atoms with Crippen molar-refractivity contribution in [1.29, 1.82) is 0 Å². The van der Waals surface area contributed by atoms with E-state index < -0.39 is 5.91 Å². The predicted molar refractivity (Wildman–Crippen MR) is 122 cm³/mol. The van der Waals surface area contributed by atoms with E-state index in [1.807, 2.05) is 12.1 Å². The lowest BCUT2D eigenvalue weighted by Gasteiger charge is -2.41. The maximum atomic E-state index is 12.7. The van der Waals surface area contributed by atoms with Crippen LogP contribution in [-0.2, 0) is 30.6 Å². The first-order valence-electron chi connectivity index (χ1n) is 10.6. The molecule has 0 spiro atoms. The maximum absolute atomic E-state index is 12.7. The molecule has 0 saturated heterocycles. The van der Waals surface area contributed by atoms with Gasteiger partial charge in [-0.25, -0.2) is 0 Å². The van der Waals surface area contributed by atoms with Crippen molar-refractivity contribution in [2.24, 2.45) is 5.73 Å². The minimum absolute atomic E-state index is 0. The van der Waals surface area contributed by atoms with Crippen molar-refractivity contribution in [3.8, 4) is 0 Å². The fraction of sp³-hybridized carbons (Fsp3) is 0.478. The average molecular weight is 501 g/mol. The number of nitrogens with two attached hydrogens (primary N) is 1. The molecule has 1 aromatic heterocycles. The van der Waals surface area contributed by atoms with Gasteiger partial charge >= 0.3 is 0 Å². The number of hydrogen-bond donors (Lipinski definition) is 3. The average Bonchev–Trinajstić information content (AvgIpc) is 3.09. The summed E-state index contributed by atoms with van der Waals surface area (Å²) in [5, 5.41) is 19.3. The van der Waals surface area contributed by atoms with Gasteiger partial charge < -0.3 is 32.8 Å². The number of nitrogens with zero attached hydrogens (tertiary/aromatic N) is 1. The number of primary amides is 1. The predicted octanol–water partition coefficient (Wildman–Crippen LogP) is -0.504. The molecule has 2 aromatic rings. The number of aliphatic hydroxyl groups is 2. The van der Waals surface area contributed by atoms with Crippen molar-refractivity contribution in [2.75, 3.05) is 32.8 Å². The van der Waals surface area contributed by atoms with Crippen molar-refractivity contribution >= 4 is 34.6 Å². The largest absolute Gasteiger partial charge is 1.00 e. The molecule has 0 unspecified atom stereocenters. The smallest absolute Gasteiger partial charge is 0.250 e. The van der Waals surface area contributed by atoms with Crippen LogP contribution in [0.1, 0.15) is 44.1 Å². The highest BCUT2D eigenvalue weighted by Gasteiger charge is 2.36. The molecule has 0 bridgehead atoms. The highest BCUT2D eigenvalue weighted by atomic mass is 35.5. The fourth-order valence-corrected chi connectivity index (χ4v) is 6.13. The van der Waals surface area contributed by atoms with Crippen LogP contribution in [0.15, 0.2) is 24.3 Å². The molecular formula is C23H30Cl2N2O4S. The third kappa shape index (κ3) is 6.53. The van der Waals surface area contributed by atoms with Gasteiger partial charge in [-0.3, -0.25) is 9.59 Å². The quantitative estimate of drug-likeness (QED) is 0.362. The van der Waals surface area contributed by atoms with Crippen LogP contribution in [0.4, 0.5) is 0 Å². The monoisotopic (exact) mass is 500 g/mol. The highest BCUT2D eigenvalue weighted by molar-refractivity contribution is 7.12. The molecular weight excluding hydrogens is 471 g/mol. The van der Waals surface area contributed by atoms with E-state index in [0.29, 0.717) is 29.8 Å². The Balaban J connectivity index is 0.00000363. The lowest BCUT2D eigenvalue weighted by molar-refractivity contribution is -0.942. The number of halogens is 2. The van der Waals surface area contributed by atoms with Gasteiger partial charge in [0.15, 0.2) is 0 Å². The number of carbonyl (C=O) groups excluding carboxylic acids is 2. The number of amides is 1. The Labute approximate surface area is 204 Å². The molecule has 1 amide bonds. The Morgan fingerprint density at radius 1 is 1.06 bits per heavy atom. The molecule has 32 heavy (non-hydrogen) atoms. The summed E-state index contributed by atoms with van der Waals surface area (Å²) < 4.78 is 0.783. The van der Waals surface area contributed by atoms with E-state index in [1.54, 1.807) is 12.1 Å². The molecule has 6 nitrogen and oxygen atoms in total. The second-order valence-corrected chi connectivity index (χ2v) is 9.89. The van der Waals surface area contributed by atoms with Gasteiger partial charge in [-0.1, -0.05) is 23.7 Å². The molecule has 4 N–H and O–H groups in total. The molecule has 1 aliphatic rings. The SMILES string of the molecule is NC(=O)c1c(CC(=O)Cc2ccc(Cl)cc2)sc2c1CC[N+](CCCO)(CCCO)C2.[Cl-].